The topological polar surface area (TPSA) is 65.8 Å². The summed E-state index contributed by atoms with van der Waals surface area (Å²) in [6.07, 6.45) is 3.16. The Labute approximate surface area is 106 Å². The van der Waals surface area contributed by atoms with Crippen molar-refractivity contribution in [2.24, 2.45) is 0 Å². The molecule has 4 nitrogen and oxygen atoms in total. The SMILES string of the molecule is N#C/C(=C\c1cccs1)C(=O)Nc1nccs1. The van der Waals surface area contributed by atoms with Crippen LogP contribution in [0.3, 0.4) is 0 Å². The predicted molar refractivity (Wildman–Crippen MR) is 68.7 cm³/mol. The molecule has 2 aromatic heterocycles. The Hall–Kier alpha value is -1.97. The van der Waals surface area contributed by atoms with Gasteiger partial charge in [0.15, 0.2) is 5.13 Å². The van der Waals surface area contributed by atoms with E-state index in [4.69, 9.17) is 5.26 Å². The summed E-state index contributed by atoms with van der Waals surface area (Å²) in [6, 6.07) is 5.60. The number of aromatic nitrogens is 1. The first-order valence-corrected chi connectivity index (χ1v) is 6.41. The summed E-state index contributed by atoms with van der Waals surface area (Å²) in [4.78, 5) is 16.5. The van der Waals surface area contributed by atoms with E-state index in [0.29, 0.717) is 5.13 Å². The minimum absolute atomic E-state index is 0.0719. The van der Waals surface area contributed by atoms with Gasteiger partial charge >= 0.3 is 0 Å². The first kappa shape index (κ1) is 11.5. The van der Waals surface area contributed by atoms with Crippen molar-refractivity contribution in [3.63, 3.8) is 0 Å². The van der Waals surface area contributed by atoms with Gasteiger partial charge in [-0.05, 0) is 17.5 Å². The van der Waals surface area contributed by atoms with E-state index in [9.17, 15) is 4.79 Å². The molecule has 1 amide bonds. The van der Waals surface area contributed by atoms with E-state index >= 15 is 0 Å². The zero-order valence-electron chi connectivity index (χ0n) is 8.58. The second kappa shape index (κ2) is 5.39. The largest absolute Gasteiger partial charge is 0.297 e. The van der Waals surface area contributed by atoms with Crippen LogP contribution in [0.4, 0.5) is 5.13 Å². The van der Waals surface area contributed by atoms with Crippen molar-refractivity contribution in [2.75, 3.05) is 5.32 Å². The highest BCUT2D eigenvalue weighted by atomic mass is 32.1. The van der Waals surface area contributed by atoms with Gasteiger partial charge in [0.25, 0.3) is 5.91 Å². The van der Waals surface area contributed by atoms with Crippen molar-refractivity contribution in [2.45, 2.75) is 0 Å². The number of hydrogen-bond donors (Lipinski definition) is 1. The third-order valence-corrected chi connectivity index (χ3v) is 3.36. The predicted octanol–water partition coefficient (Wildman–Crippen LogP) is 2.75. The highest BCUT2D eigenvalue weighted by molar-refractivity contribution is 7.13. The number of amides is 1. The van der Waals surface area contributed by atoms with Gasteiger partial charge in [0.2, 0.25) is 0 Å². The highest BCUT2D eigenvalue weighted by Gasteiger charge is 2.10. The lowest BCUT2D eigenvalue weighted by molar-refractivity contribution is -0.112. The fraction of sp³-hybridized carbons (Fsp3) is 0. The van der Waals surface area contributed by atoms with Crippen molar-refractivity contribution in [3.05, 3.63) is 39.5 Å². The molecule has 0 atom stereocenters. The minimum Gasteiger partial charge on any atom is -0.297 e. The van der Waals surface area contributed by atoms with Crippen LogP contribution in [-0.2, 0) is 4.79 Å². The number of carbonyl (C=O) groups is 1. The van der Waals surface area contributed by atoms with Crippen LogP contribution in [0, 0.1) is 11.3 Å². The summed E-state index contributed by atoms with van der Waals surface area (Å²) in [5.41, 5.74) is 0.0719. The Morgan fingerprint density at radius 3 is 2.94 bits per heavy atom. The first-order valence-electron chi connectivity index (χ1n) is 4.66. The van der Waals surface area contributed by atoms with E-state index in [1.807, 2.05) is 23.6 Å². The lowest BCUT2D eigenvalue weighted by atomic mass is 10.2. The minimum atomic E-state index is -0.434. The molecule has 0 aliphatic heterocycles. The highest BCUT2D eigenvalue weighted by Crippen LogP contribution is 2.15. The molecule has 0 radical (unpaired) electrons. The maximum atomic E-state index is 11.7. The summed E-state index contributed by atoms with van der Waals surface area (Å²) in [6.45, 7) is 0. The van der Waals surface area contributed by atoms with E-state index in [2.05, 4.69) is 10.3 Å². The van der Waals surface area contributed by atoms with Crippen LogP contribution >= 0.6 is 22.7 Å². The molecule has 84 valence electrons. The molecule has 6 heteroatoms. The lowest BCUT2D eigenvalue weighted by Crippen LogP contribution is -2.12. The van der Waals surface area contributed by atoms with Crippen molar-refractivity contribution >= 4 is 39.8 Å². The zero-order valence-corrected chi connectivity index (χ0v) is 10.2. The molecule has 2 rings (SSSR count). The zero-order chi connectivity index (χ0) is 12.1. The monoisotopic (exact) mass is 261 g/mol. The van der Waals surface area contributed by atoms with Gasteiger partial charge in [0.1, 0.15) is 11.6 Å². The van der Waals surface area contributed by atoms with E-state index in [-0.39, 0.29) is 5.57 Å². The summed E-state index contributed by atoms with van der Waals surface area (Å²) in [7, 11) is 0. The van der Waals surface area contributed by atoms with E-state index in [1.54, 1.807) is 17.7 Å². The van der Waals surface area contributed by atoms with Crippen molar-refractivity contribution in [1.29, 1.82) is 5.26 Å². The number of nitrogens with one attached hydrogen (secondary N) is 1. The van der Waals surface area contributed by atoms with Gasteiger partial charge in [0.05, 0.1) is 0 Å². The third kappa shape index (κ3) is 3.00. The fourth-order valence-electron chi connectivity index (χ4n) is 1.11. The molecule has 0 spiro atoms. The van der Waals surface area contributed by atoms with Crippen molar-refractivity contribution < 1.29 is 4.79 Å². The standard InChI is InChI=1S/C11H7N3OS2/c12-7-8(6-9-2-1-4-16-9)10(15)14-11-13-3-5-17-11/h1-6H,(H,13,14,15)/b8-6+. The van der Waals surface area contributed by atoms with Crippen molar-refractivity contribution in [1.82, 2.24) is 4.98 Å². The van der Waals surface area contributed by atoms with Crippen LogP contribution in [0.2, 0.25) is 0 Å². The van der Waals surface area contributed by atoms with Gasteiger partial charge in [-0.25, -0.2) is 4.98 Å². The molecule has 0 bridgehead atoms. The molecule has 2 heterocycles. The van der Waals surface area contributed by atoms with Gasteiger partial charge in [0, 0.05) is 16.5 Å². The van der Waals surface area contributed by atoms with Gasteiger partial charge in [-0.3, -0.25) is 10.1 Å². The molecular formula is C11H7N3OS2. The second-order valence-corrected chi connectivity index (χ2v) is 4.85. The fourth-order valence-corrected chi connectivity index (χ4v) is 2.30. The molecule has 0 unspecified atom stereocenters. The Kier molecular flexibility index (Phi) is 3.65. The summed E-state index contributed by atoms with van der Waals surface area (Å²) in [5.74, 6) is -0.434. The molecule has 0 fully saturated rings. The lowest BCUT2D eigenvalue weighted by Gasteiger charge is -1.98. The summed E-state index contributed by atoms with van der Waals surface area (Å²) >= 11 is 2.78. The van der Waals surface area contributed by atoms with Gasteiger partial charge in [-0.2, -0.15) is 5.26 Å². The summed E-state index contributed by atoms with van der Waals surface area (Å²) in [5, 5.41) is 15.6. The average Bonchev–Trinajstić information content (AvgIpc) is 2.97. The van der Waals surface area contributed by atoms with Crippen LogP contribution in [0.1, 0.15) is 4.88 Å². The molecule has 0 aliphatic carbocycles. The van der Waals surface area contributed by atoms with Crippen LogP contribution in [0.5, 0.6) is 0 Å². The maximum absolute atomic E-state index is 11.7. The smallest absolute Gasteiger partial charge is 0.268 e. The van der Waals surface area contributed by atoms with Crippen molar-refractivity contribution in [3.8, 4) is 6.07 Å². The quantitative estimate of drug-likeness (QED) is 0.682. The number of anilines is 1. The number of carbonyl (C=O) groups excluding carboxylic acids is 1. The first-order chi connectivity index (χ1) is 8.29. The molecule has 0 saturated carbocycles. The molecule has 0 aliphatic rings. The Balaban J connectivity index is 2.14. The molecule has 17 heavy (non-hydrogen) atoms. The van der Waals surface area contributed by atoms with E-state index in [0.717, 1.165) is 4.88 Å². The average molecular weight is 261 g/mol. The van der Waals surface area contributed by atoms with Crippen LogP contribution in [0.15, 0.2) is 34.7 Å². The van der Waals surface area contributed by atoms with E-state index in [1.165, 1.54) is 22.7 Å². The second-order valence-electron chi connectivity index (χ2n) is 2.98. The Morgan fingerprint density at radius 2 is 2.35 bits per heavy atom. The molecule has 1 N–H and O–H groups in total. The number of hydrogen-bond acceptors (Lipinski definition) is 5. The molecule has 2 aromatic rings. The van der Waals surface area contributed by atoms with Crippen LogP contribution in [0.25, 0.3) is 6.08 Å². The number of thiophene rings is 1. The van der Waals surface area contributed by atoms with Gasteiger partial charge in [-0.1, -0.05) is 6.07 Å². The Morgan fingerprint density at radius 1 is 1.47 bits per heavy atom. The molecule has 0 aromatic carbocycles. The van der Waals surface area contributed by atoms with Gasteiger partial charge < -0.3 is 0 Å². The summed E-state index contributed by atoms with van der Waals surface area (Å²) < 4.78 is 0. The maximum Gasteiger partial charge on any atom is 0.268 e. The van der Waals surface area contributed by atoms with E-state index < -0.39 is 5.91 Å². The number of nitriles is 1. The Bertz CT molecular complexity index is 564. The third-order valence-electron chi connectivity index (χ3n) is 1.85. The number of thiazole rings is 1. The number of nitrogens with zero attached hydrogens (tertiary/aromatic N) is 2. The molecule has 0 saturated heterocycles. The number of rotatable bonds is 3. The molecular weight excluding hydrogens is 254 g/mol. The normalized spacial score (nSPS) is 10.9. The van der Waals surface area contributed by atoms with Gasteiger partial charge in [-0.15, -0.1) is 22.7 Å². The van der Waals surface area contributed by atoms with Crippen LogP contribution in [-0.4, -0.2) is 10.9 Å². The van der Waals surface area contributed by atoms with Crippen LogP contribution < -0.4 is 5.32 Å².